The Morgan fingerprint density at radius 1 is 1.27 bits per heavy atom. The second kappa shape index (κ2) is 4.13. The van der Waals surface area contributed by atoms with E-state index in [4.69, 9.17) is 0 Å². The largest absolute Gasteiger partial charge is 0.240 e. The lowest BCUT2D eigenvalue weighted by Gasteiger charge is -2.00. The number of hydrogen-bond acceptors (Lipinski definition) is 1. The maximum atomic E-state index is 4.47. The molecule has 0 spiro atoms. The van der Waals surface area contributed by atoms with Crippen LogP contribution >= 0.6 is 0 Å². The van der Waals surface area contributed by atoms with Crippen molar-refractivity contribution in [3.05, 3.63) is 54.9 Å². The monoisotopic (exact) mass is 198 g/mol. The van der Waals surface area contributed by atoms with E-state index < -0.39 is 0 Å². The summed E-state index contributed by atoms with van der Waals surface area (Å²) in [7, 11) is 0. The van der Waals surface area contributed by atoms with Crippen molar-refractivity contribution in [1.82, 2.24) is 9.78 Å². The van der Waals surface area contributed by atoms with Crippen molar-refractivity contribution >= 4 is 5.57 Å². The van der Waals surface area contributed by atoms with Gasteiger partial charge in [-0.3, -0.25) is 0 Å². The van der Waals surface area contributed by atoms with Crippen molar-refractivity contribution in [3.63, 3.8) is 0 Å². The molecule has 0 fully saturated rings. The third-order valence-electron chi connectivity index (χ3n) is 2.40. The molecule has 2 aromatic rings. The summed E-state index contributed by atoms with van der Waals surface area (Å²) >= 11 is 0. The summed E-state index contributed by atoms with van der Waals surface area (Å²) in [4.78, 5) is 0. The number of hydrogen-bond donors (Lipinski definition) is 0. The standard InChI is InChI=1S/C13H14N2/c1-3-11(2)13-9-10-15(14-13)12-7-5-4-6-8-12/h4-10H,2-3H2,1H3. The molecule has 15 heavy (non-hydrogen) atoms. The molecule has 1 heterocycles. The minimum Gasteiger partial charge on any atom is -0.240 e. The van der Waals surface area contributed by atoms with E-state index in [1.54, 1.807) is 0 Å². The average Bonchev–Trinajstić information content (AvgIpc) is 2.78. The Morgan fingerprint density at radius 3 is 2.67 bits per heavy atom. The smallest absolute Gasteiger partial charge is 0.0881 e. The summed E-state index contributed by atoms with van der Waals surface area (Å²) in [6, 6.07) is 12.1. The van der Waals surface area contributed by atoms with Crippen LogP contribution in [0.3, 0.4) is 0 Å². The van der Waals surface area contributed by atoms with Crippen molar-refractivity contribution < 1.29 is 0 Å². The van der Waals surface area contributed by atoms with Gasteiger partial charge in [0.15, 0.2) is 0 Å². The van der Waals surface area contributed by atoms with Gasteiger partial charge in [0.05, 0.1) is 11.4 Å². The maximum Gasteiger partial charge on any atom is 0.0881 e. The molecule has 1 aromatic heterocycles. The molecule has 2 nitrogen and oxygen atoms in total. The quantitative estimate of drug-likeness (QED) is 0.740. The third kappa shape index (κ3) is 1.99. The molecule has 0 amide bonds. The molecular formula is C13H14N2. The molecule has 0 N–H and O–H groups in total. The first-order valence-corrected chi connectivity index (χ1v) is 5.10. The highest BCUT2D eigenvalue weighted by atomic mass is 15.3. The van der Waals surface area contributed by atoms with E-state index in [2.05, 4.69) is 18.6 Å². The number of nitrogens with zero attached hydrogens (tertiary/aromatic N) is 2. The van der Waals surface area contributed by atoms with Crippen LogP contribution in [0.25, 0.3) is 11.3 Å². The molecule has 0 saturated heterocycles. The van der Waals surface area contributed by atoms with Crippen LogP contribution in [0.15, 0.2) is 49.2 Å². The molecular weight excluding hydrogens is 184 g/mol. The minimum atomic E-state index is 0.936. The number of rotatable bonds is 3. The van der Waals surface area contributed by atoms with Crippen LogP contribution in [0.5, 0.6) is 0 Å². The van der Waals surface area contributed by atoms with Crippen LogP contribution in [0.2, 0.25) is 0 Å². The normalized spacial score (nSPS) is 10.2. The topological polar surface area (TPSA) is 17.8 Å². The summed E-state index contributed by atoms with van der Waals surface area (Å²) in [6.07, 6.45) is 2.90. The molecule has 76 valence electrons. The molecule has 0 bridgehead atoms. The fraction of sp³-hybridized carbons (Fsp3) is 0.154. The molecule has 1 aromatic carbocycles. The molecule has 0 radical (unpaired) electrons. The number of aromatic nitrogens is 2. The van der Waals surface area contributed by atoms with Gasteiger partial charge in [-0.2, -0.15) is 5.10 Å². The van der Waals surface area contributed by atoms with E-state index in [1.807, 2.05) is 47.3 Å². The molecule has 0 unspecified atom stereocenters. The summed E-state index contributed by atoms with van der Waals surface area (Å²) in [5.41, 5.74) is 3.12. The SMILES string of the molecule is C=C(CC)c1ccn(-c2ccccc2)n1. The summed E-state index contributed by atoms with van der Waals surface area (Å²) < 4.78 is 1.87. The Morgan fingerprint density at radius 2 is 2.00 bits per heavy atom. The van der Waals surface area contributed by atoms with Crippen molar-refractivity contribution in [3.8, 4) is 5.69 Å². The molecule has 2 rings (SSSR count). The summed E-state index contributed by atoms with van der Waals surface area (Å²) in [6.45, 7) is 6.06. The highest BCUT2D eigenvalue weighted by molar-refractivity contribution is 5.59. The lowest BCUT2D eigenvalue weighted by Crippen LogP contribution is -1.94. The Bertz CT molecular complexity index is 454. The molecule has 0 atom stereocenters. The van der Waals surface area contributed by atoms with E-state index >= 15 is 0 Å². The Hall–Kier alpha value is -1.83. The summed E-state index contributed by atoms with van der Waals surface area (Å²) in [5, 5.41) is 4.47. The van der Waals surface area contributed by atoms with Crippen LogP contribution < -0.4 is 0 Å². The van der Waals surface area contributed by atoms with Crippen molar-refractivity contribution in [2.24, 2.45) is 0 Å². The first-order valence-electron chi connectivity index (χ1n) is 5.10. The first-order chi connectivity index (χ1) is 7.31. The number of para-hydroxylation sites is 1. The Labute approximate surface area is 89.9 Å². The zero-order valence-electron chi connectivity index (χ0n) is 8.85. The van der Waals surface area contributed by atoms with Crippen LogP contribution in [0.1, 0.15) is 19.0 Å². The Kier molecular flexibility index (Phi) is 2.68. The van der Waals surface area contributed by atoms with Crippen LogP contribution in [-0.2, 0) is 0 Å². The predicted molar refractivity (Wildman–Crippen MR) is 62.9 cm³/mol. The maximum absolute atomic E-state index is 4.47. The van der Waals surface area contributed by atoms with Gasteiger partial charge >= 0.3 is 0 Å². The zero-order chi connectivity index (χ0) is 10.7. The van der Waals surface area contributed by atoms with E-state index in [1.165, 1.54) is 0 Å². The minimum absolute atomic E-state index is 0.936. The van der Waals surface area contributed by atoms with Gasteiger partial charge in [-0.25, -0.2) is 4.68 Å². The molecule has 0 aliphatic rings. The van der Waals surface area contributed by atoms with E-state index in [-0.39, 0.29) is 0 Å². The van der Waals surface area contributed by atoms with E-state index in [9.17, 15) is 0 Å². The van der Waals surface area contributed by atoms with Crippen molar-refractivity contribution in [1.29, 1.82) is 0 Å². The average molecular weight is 198 g/mol. The number of allylic oxidation sites excluding steroid dienone is 1. The van der Waals surface area contributed by atoms with Crippen molar-refractivity contribution in [2.45, 2.75) is 13.3 Å². The van der Waals surface area contributed by atoms with Gasteiger partial charge in [-0.05, 0) is 30.2 Å². The van der Waals surface area contributed by atoms with Gasteiger partial charge in [0, 0.05) is 6.20 Å². The highest BCUT2D eigenvalue weighted by Gasteiger charge is 2.02. The van der Waals surface area contributed by atoms with Crippen molar-refractivity contribution in [2.75, 3.05) is 0 Å². The zero-order valence-corrected chi connectivity index (χ0v) is 8.85. The van der Waals surface area contributed by atoms with E-state index in [0.29, 0.717) is 0 Å². The molecule has 0 aliphatic carbocycles. The fourth-order valence-electron chi connectivity index (χ4n) is 1.42. The molecule has 2 heteroatoms. The van der Waals surface area contributed by atoms with Crippen LogP contribution in [0.4, 0.5) is 0 Å². The van der Waals surface area contributed by atoms with Gasteiger partial charge in [-0.15, -0.1) is 0 Å². The van der Waals surface area contributed by atoms with E-state index in [0.717, 1.165) is 23.4 Å². The second-order valence-electron chi connectivity index (χ2n) is 3.44. The fourth-order valence-corrected chi connectivity index (χ4v) is 1.42. The van der Waals surface area contributed by atoms with Gasteiger partial charge in [-0.1, -0.05) is 31.7 Å². The lowest BCUT2D eigenvalue weighted by atomic mass is 10.2. The van der Waals surface area contributed by atoms with Crippen LogP contribution in [0, 0.1) is 0 Å². The number of benzene rings is 1. The van der Waals surface area contributed by atoms with Gasteiger partial charge in [0.1, 0.15) is 0 Å². The predicted octanol–water partition coefficient (Wildman–Crippen LogP) is 3.30. The third-order valence-corrected chi connectivity index (χ3v) is 2.40. The Balaban J connectivity index is 2.32. The van der Waals surface area contributed by atoms with Crippen LogP contribution in [-0.4, -0.2) is 9.78 Å². The highest BCUT2D eigenvalue weighted by Crippen LogP contribution is 2.14. The lowest BCUT2D eigenvalue weighted by molar-refractivity contribution is 0.871. The van der Waals surface area contributed by atoms with Gasteiger partial charge < -0.3 is 0 Å². The molecule has 0 saturated carbocycles. The first kappa shape index (κ1) is 9.71. The van der Waals surface area contributed by atoms with Gasteiger partial charge in [0.25, 0.3) is 0 Å². The molecule has 0 aliphatic heterocycles. The summed E-state index contributed by atoms with van der Waals surface area (Å²) in [5.74, 6) is 0. The van der Waals surface area contributed by atoms with Gasteiger partial charge in [0.2, 0.25) is 0 Å². The second-order valence-corrected chi connectivity index (χ2v) is 3.44.